The van der Waals surface area contributed by atoms with Gasteiger partial charge in [-0.1, -0.05) is 12.1 Å². The molecule has 1 N–H and O–H groups in total. The van der Waals surface area contributed by atoms with Gasteiger partial charge in [-0.3, -0.25) is 0 Å². The Morgan fingerprint density at radius 3 is 2.36 bits per heavy atom. The highest BCUT2D eigenvalue weighted by atomic mass is 16.5. The highest BCUT2D eigenvalue weighted by Crippen LogP contribution is 2.47. The van der Waals surface area contributed by atoms with Crippen molar-refractivity contribution in [2.45, 2.75) is 19.3 Å². The topological polar surface area (TPSA) is 29.5 Å². The average Bonchev–Trinajstić information content (AvgIpc) is 3.00. The highest BCUT2D eigenvalue weighted by molar-refractivity contribution is 5.28. The van der Waals surface area contributed by atoms with Crippen LogP contribution in [-0.4, -0.2) is 18.8 Å². The number of aliphatic hydroxyl groups excluding tert-OH is 1. The van der Waals surface area contributed by atoms with Gasteiger partial charge in [0.25, 0.3) is 0 Å². The Balaban J connectivity index is 2.03. The van der Waals surface area contributed by atoms with E-state index in [9.17, 15) is 5.11 Å². The predicted molar refractivity (Wildman–Crippen MR) is 55.5 cm³/mol. The number of ether oxygens (including phenoxy) is 1. The summed E-state index contributed by atoms with van der Waals surface area (Å²) in [6.45, 7) is 0.318. The molecule has 0 bridgehead atoms. The van der Waals surface area contributed by atoms with Crippen LogP contribution in [0.25, 0.3) is 0 Å². The molecule has 1 aliphatic rings. The smallest absolute Gasteiger partial charge is 0.118 e. The molecular formula is C12H16O2. The maximum Gasteiger partial charge on any atom is 0.118 e. The number of benzene rings is 1. The number of hydrogen-bond acceptors (Lipinski definition) is 2. The lowest BCUT2D eigenvalue weighted by atomic mass is 9.97. The fourth-order valence-corrected chi connectivity index (χ4v) is 1.74. The maximum absolute atomic E-state index is 9.19. The first-order valence-corrected chi connectivity index (χ1v) is 5.02. The minimum Gasteiger partial charge on any atom is -0.497 e. The third kappa shape index (κ3) is 1.90. The van der Waals surface area contributed by atoms with Gasteiger partial charge in [-0.15, -0.1) is 0 Å². The summed E-state index contributed by atoms with van der Waals surface area (Å²) < 4.78 is 5.09. The van der Waals surface area contributed by atoms with E-state index in [-0.39, 0.29) is 5.41 Å². The van der Waals surface area contributed by atoms with Crippen molar-refractivity contribution in [1.82, 2.24) is 0 Å². The van der Waals surface area contributed by atoms with Gasteiger partial charge in [0, 0.05) is 6.61 Å². The molecule has 2 nitrogen and oxygen atoms in total. The van der Waals surface area contributed by atoms with Gasteiger partial charge < -0.3 is 9.84 Å². The molecule has 0 aromatic heterocycles. The molecule has 0 saturated heterocycles. The van der Waals surface area contributed by atoms with Crippen LogP contribution in [0, 0.1) is 5.41 Å². The van der Waals surface area contributed by atoms with Gasteiger partial charge in [-0.2, -0.15) is 0 Å². The Labute approximate surface area is 84.5 Å². The first-order valence-electron chi connectivity index (χ1n) is 5.02. The van der Waals surface area contributed by atoms with Crippen molar-refractivity contribution in [3.63, 3.8) is 0 Å². The summed E-state index contributed by atoms with van der Waals surface area (Å²) in [6.07, 6.45) is 3.32. The molecule has 76 valence electrons. The van der Waals surface area contributed by atoms with Gasteiger partial charge in [0.15, 0.2) is 0 Å². The summed E-state index contributed by atoms with van der Waals surface area (Å²) in [5, 5.41) is 9.19. The summed E-state index contributed by atoms with van der Waals surface area (Å²) in [4.78, 5) is 0. The maximum atomic E-state index is 9.19. The number of rotatable bonds is 4. The van der Waals surface area contributed by atoms with Gasteiger partial charge in [0.2, 0.25) is 0 Å². The molecule has 0 atom stereocenters. The van der Waals surface area contributed by atoms with Crippen LogP contribution in [0.3, 0.4) is 0 Å². The zero-order chi connectivity index (χ0) is 10.0. The van der Waals surface area contributed by atoms with Crippen LogP contribution < -0.4 is 4.74 Å². The summed E-state index contributed by atoms with van der Waals surface area (Å²) in [5.74, 6) is 0.891. The summed E-state index contributed by atoms with van der Waals surface area (Å²) in [5.41, 5.74) is 1.49. The lowest BCUT2D eigenvalue weighted by molar-refractivity contribution is 0.211. The normalized spacial score (nSPS) is 17.9. The van der Waals surface area contributed by atoms with Crippen molar-refractivity contribution in [1.29, 1.82) is 0 Å². The largest absolute Gasteiger partial charge is 0.497 e. The van der Waals surface area contributed by atoms with E-state index in [1.165, 1.54) is 5.56 Å². The Bertz CT molecular complexity index is 299. The van der Waals surface area contributed by atoms with Gasteiger partial charge in [0.05, 0.1) is 7.11 Å². The van der Waals surface area contributed by atoms with Crippen molar-refractivity contribution in [3.05, 3.63) is 29.8 Å². The van der Waals surface area contributed by atoms with E-state index in [2.05, 4.69) is 12.1 Å². The first-order chi connectivity index (χ1) is 6.78. The Kier molecular flexibility index (Phi) is 2.46. The molecule has 0 radical (unpaired) electrons. The lowest BCUT2D eigenvalue weighted by Gasteiger charge is -2.11. The van der Waals surface area contributed by atoms with Crippen LogP contribution >= 0.6 is 0 Å². The minimum atomic E-state index is 0.203. The number of hydrogen-bond donors (Lipinski definition) is 1. The van der Waals surface area contributed by atoms with Crippen LogP contribution in [0.15, 0.2) is 24.3 Å². The molecule has 0 amide bonds. The number of aliphatic hydroxyl groups is 1. The molecule has 1 aromatic rings. The Hall–Kier alpha value is -1.02. The number of methoxy groups -OCH3 is 1. The third-order valence-corrected chi connectivity index (χ3v) is 3.03. The molecule has 1 aromatic carbocycles. The molecule has 14 heavy (non-hydrogen) atoms. The molecule has 0 unspecified atom stereocenters. The van der Waals surface area contributed by atoms with Gasteiger partial charge in [-0.05, 0) is 42.4 Å². The first kappa shape index (κ1) is 9.53. The standard InChI is InChI=1S/C12H16O2/c1-14-11-4-2-10(3-5-11)8-12(9-13)6-7-12/h2-5,13H,6-9H2,1H3. The molecule has 1 saturated carbocycles. The predicted octanol–water partition coefficient (Wildman–Crippen LogP) is 2.01. The second-order valence-electron chi connectivity index (χ2n) is 4.18. The van der Waals surface area contributed by atoms with Gasteiger partial charge in [-0.25, -0.2) is 0 Å². The van der Waals surface area contributed by atoms with E-state index in [1.807, 2.05) is 12.1 Å². The Morgan fingerprint density at radius 1 is 1.29 bits per heavy atom. The van der Waals surface area contributed by atoms with Gasteiger partial charge in [0.1, 0.15) is 5.75 Å². The van der Waals surface area contributed by atoms with E-state index in [0.29, 0.717) is 6.61 Å². The molecule has 0 heterocycles. The zero-order valence-corrected chi connectivity index (χ0v) is 8.49. The second kappa shape index (κ2) is 3.62. The van der Waals surface area contributed by atoms with Crippen LogP contribution in [0.1, 0.15) is 18.4 Å². The zero-order valence-electron chi connectivity index (χ0n) is 8.49. The van der Waals surface area contributed by atoms with Crippen LogP contribution in [0.4, 0.5) is 0 Å². The third-order valence-electron chi connectivity index (χ3n) is 3.03. The quantitative estimate of drug-likeness (QED) is 0.790. The minimum absolute atomic E-state index is 0.203. The molecule has 0 spiro atoms. The van der Waals surface area contributed by atoms with E-state index in [1.54, 1.807) is 7.11 Å². The van der Waals surface area contributed by atoms with Crippen molar-refractivity contribution < 1.29 is 9.84 Å². The molecule has 2 rings (SSSR count). The molecule has 0 aliphatic heterocycles. The van der Waals surface area contributed by atoms with Crippen molar-refractivity contribution >= 4 is 0 Å². The summed E-state index contributed by atoms with van der Waals surface area (Å²) >= 11 is 0. The van der Waals surface area contributed by atoms with E-state index in [0.717, 1.165) is 25.0 Å². The molecule has 1 aliphatic carbocycles. The SMILES string of the molecule is COc1ccc(CC2(CO)CC2)cc1. The monoisotopic (exact) mass is 192 g/mol. The molecular weight excluding hydrogens is 176 g/mol. The van der Waals surface area contributed by atoms with Crippen molar-refractivity contribution in [2.75, 3.05) is 13.7 Å². The second-order valence-corrected chi connectivity index (χ2v) is 4.18. The van der Waals surface area contributed by atoms with Crippen LogP contribution in [-0.2, 0) is 6.42 Å². The van der Waals surface area contributed by atoms with Crippen LogP contribution in [0.2, 0.25) is 0 Å². The van der Waals surface area contributed by atoms with E-state index < -0.39 is 0 Å². The van der Waals surface area contributed by atoms with Crippen LogP contribution in [0.5, 0.6) is 5.75 Å². The summed E-state index contributed by atoms with van der Waals surface area (Å²) in [6, 6.07) is 8.11. The molecule has 2 heteroatoms. The fourth-order valence-electron chi connectivity index (χ4n) is 1.74. The fraction of sp³-hybridized carbons (Fsp3) is 0.500. The summed E-state index contributed by atoms with van der Waals surface area (Å²) in [7, 11) is 1.67. The average molecular weight is 192 g/mol. The van der Waals surface area contributed by atoms with Crippen molar-refractivity contribution in [3.8, 4) is 5.75 Å². The van der Waals surface area contributed by atoms with E-state index in [4.69, 9.17) is 4.74 Å². The van der Waals surface area contributed by atoms with Gasteiger partial charge >= 0.3 is 0 Å². The van der Waals surface area contributed by atoms with Crippen molar-refractivity contribution in [2.24, 2.45) is 5.41 Å². The lowest BCUT2D eigenvalue weighted by Crippen LogP contribution is -2.09. The van der Waals surface area contributed by atoms with E-state index >= 15 is 0 Å². The Morgan fingerprint density at radius 2 is 1.93 bits per heavy atom. The molecule has 1 fully saturated rings. The highest BCUT2D eigenvalue weighted by Gasteiger charge is 2.41.